The van der Waals surface area contributed by atoms with Gasteiger partial charge < -0.3 is 14.8 Å². The fourth-order valence-electron chi connectivity index (χ4n) is 3.65. The highest BCUT2D eigenvalue weighted by Gasteiger charge is 2.35. The highest BCUT2D eigenvalue weighted by molar-refractivity contribution is 6.03. The summed E-state index contributed by atoms with van der Waals surface area (Å²) in [7, 11) is 0. The Hall–Kier alpha value is -3.78. The van der Waals surface area contributed by atoms with Gasteiger partial charge in [-0.1, -0.05) is 43.3 Å². The van der Waals surface area contributed by atoms with Gasteiger partial charge in [-0.05, 0) is 36.8 Å². The lowest BCUT2D eigenvalue weighted by molar-refractivity contribution is -0.0410. The van der Waals surface area contributed by atoms with Crippen LogP contribution in [0.5, 0.6) is 0 Å². The fraction of sp³-hybridized carbons (Fsp3) is 0.250. The normalized spacial score (nSPS) is 20.0. The summed E-state index contributed by atoms with van der Waals surface area (Å²) >= 11 is 0. The summed E-state index contributed by atoms with van der Waals surface area (Å²) in [6.45, 7) is 2.06. The van der Waals surface area contributed by atoms with E-state index in [1.165, 1.54) is 4.57 Å². The molecule has 1 aliphatic heterocycles. The maximum Gasteiger partial charge on any atom is 0.351 e. The van der Waals surface area contributed by atoms with Gasteiger partial charge in [0.05, 0.1) is 11.7 Å². The topological polar surface area (TPSA) is 99.5 Å². The Morgan fingerprint density at radius 1 is 1.06 bits per heavy atom. The number of carbonyl (C=O) groups is 2. The van der Waals surface area contributed by atoms with Crippen LogP contribution in [0.25, 0.3) is 0 Å². The van der Waals surface area contributed by atoms with Gasteiger partial charge in [-0.2, -0.15) is 4.98 Å². The van der Waals surface area contributed by atoms with Crippen LogP contribution >= 0.6 is 0 Å². The van der Waals surface area contributed by atoms with Crippen molar-refractivity contribution < 1.29 is 19.1 Å². The average molecular weight is 433 g/mol. The van der Waals surface area contributed by atoms with Gasteiger partial charge in [0.25, 0.3) is 5.91 Å². The van der Waals surface area contributed by atoms with Crippen LogP contribution in [-0.4, -0.2) is 34.1 Å². The molecule has 1 amide bonds. The summed E-state index contributed by atoms with van der Waals surface area (Å²) in [4.78, 5) is 41.0. The Morgan fingerprint density at radius 3 is 2.38 bits per heavy atom. The molecule has 8 heteroatoms. The lowest BCUT2D eigenvalue weighted by atomic mass is 10.1. The Labute approximate surface area is 184 Å². The molecular weight excluding hydrogens is 410 g/mol. The lowest BCUT2D eigenvalue weighted by Crippen LogP contribution is -2.30. The van der Waals surface area contributed by atoms with E-state index in [2.05, 4.69) is 10.3 Å². The van der Waals surface area contributed by atoms with Crippen molar-refractivity contribution in [1.82, 2.24) is 9.55 Å². The SMILES string of the molecule is CC1C[C@@H](COC(=O)c2ccccc2)O[C@H]1n1ccc(NC(=O)c2ccccc2)nc1=O. The molecule has 1 saturated heterocycles. The van der Waals surface area contributed by atoms with Gasteiger partial charge in [0.2, 0.25) is 0 Å². The molecule has 0 saturated carbocycles. The molecule has 2 heterocycles. The molecule has 1 aliphatic rings. The van der Waals surface area contributed by atoms with E-state index in [-0.39, 0.29) is 30.4 Å². The van der Waals surface area contributed by atoms with Crippen LogP contribution in [0, 0.1) is 5.92 Å². The van der Waals surface area contributed by atoms with Crippen molar-refractivity contribution in [2.45, 2.75) is 25.7 Å². The van der Waals surface area contributed by atoms with Gasteiger partial charge in [-0.25, -0.2) is 9.59 Å². The quantitative estimate of drug-likeness (QED) is 0.599. The lowest BCUT2D eigenvalue weighted by Gasteiger charge is -2.18. The number of carbonyl (C=O) groups excluding carboxylic acids is 2. The molecule has 3 atom stereocenters. The molecule has 1 unspecified atom stereocenters. The van der Waals surface area contributed by atoms with Crippen molar-refractivity contribution >= 4 is 17.7 Å². The first kappa shape index (κ1) is 21.5. The number of benzene rings is 2. The molecule has 4 rings (SSSR count). The second-order valence-corrected chi connectivity index (χ2v) is 7.65. The zero-order valence-electron chi connectivity index (χ0n) is 17.5. The number of hydrogen-bond donors (Lipinski definition) is 1. The minimum atomic E-state index is -0.533. The predicted molar refractivity (Wildman–Crippen MR) is 117 cm³/mol. The minimum absolute atomic E-state index is 0.0136. The monoisotopic (exact) mass is 433 g/mol. The highest BCUT2D eigenvalue weighted by Crippen LogP contribution is 2.33. The van der Waals surface area contributed by atoms with Crippen molar-refractivity contribution in [2.75, 3.05) is 11.9 Å². The maximum absolute atomic E-state index is 12.6. The summed E-state index contributed by atoms with van der Waals surface area (Å²) in [5.74, 6) is -0.581. The van der Waals surface area contributed by atoms with E-state index in [0.717, 1.165) is 0 Å². The molecule has 0 bridgehead atoms. The van der Waals surface area contributed by atoms with Crippen LogP contribution in [0.3, 0.4) is 0 Å². The summed E-state index contributed by atoms with van der Waals surface area (Å²) in [6.07, 6.45) is 1.32. The second kappa shape index (κ2) is 9.57. The molecule has 1 fully saturated rings. The number of aromatic nitrogens is 2. The van der Waals surface area contributed by atoms with Gasteiger partial charge >= 0.3 is 11.7 Å². The van der Waals surface area contributed by atoms with Crippen molar-refractivity contribution in [2.24, 2.45) is 5.92 Å². The molecule has 164 valence electrons. The molecule has 0 aliphatic carbocycles. The third-order valence-corrected chi connectivity index (χ3v) is 5.24. The first-order chi connectivity index (χ1) is 15.5. The van der Waals surface area contributed by atoms with Crippen molar-refractivity contribution in [3.05, 3.63) is 94.5 Å². The third kappa shape index (κ3) is 4.92. The van der Waals surface area contributed by atoms with Crippen molar-refractivity contribution in [3.63, 3.8) is 0 Å². The highest BCUT2D eigenvalue weighted by atomic mass is 16.6. The number of esters is 1. The molecule has 32 heavy (non-hydrogen) atoms. The van der Waals surface area contributed by atoms with Gasteiger partial charge in [-0.3, -0.25) is 9.36 Å². The van der Waals surface area contributed by atoms with Crippen molar-refractivity contribution in [1.29, 1.82) is 0 Å². The van der Waals surface area contributed by atoms with Crippen LogP contribution in [-0.2, 0) is 9.47 Å². The predicted octanol–water partition coefficient (Wildman–Crippen LogP) is 3.28. The summed E-state index contributed by atoms with van der Waals surface area (Å²) in [6, 6.07) is 19.0. The van der Waals surface area contributed by atoms with Crippen LogP contribution in [0.1, 0.15) is 40.3 Å². The molecule has 1 aromatic heterocycles. The van der Waals surface area contributed by atoms with E-state index in [9.17, 15) is 14.4 Å². The second-order valence-electron chi connectivity index (χ2n) is 7.65. The fourth-order valence-corrected chi connectivity index (χ4v) is 3.65. The first-order valence-corrected chi connectivity index (χ1v) is 10.3. The zero-order chi connectivity index (χ0) is 22.5. The molecule has 0 radical (unpaired) electrons. The van der Waals surface area contributed by atoms with Crippen LogP contribution in [0.2, 0.25) is 0 Å². The Kier molecular flexibility index (Phi) is 6.42. The van der Waals surface area contributed by atoms with E-state index in [1.54, 1.807) is 60.8 Å². The molecule has 3 aromatic rings. The van der Waals surface area contributed by atoms with Gasteiger partial charge in [0, 0.05) is 17.7 Å². The smallest absolute Gasteiger partial charge is 0.351 e. The molecule has 2 aromatic carbocycles. The number of ether oxygens (including phenoxy) is 2. The molecule has 8 nitrogen and oxygen atoms in total. The third-order valence-electron chi connectivity index (χ3n) is 5.24. The molecule has 1 N–H and O–H groups in total. The Balaban J connectivity index is 1.37. The van der Waals surface area contributed by atoms with Gasteiger partial charge in [0.1, 0.15) is 18.7 Å². The van der Waals surface area contributed by atoms with Crippen LogP contribution in [0.15, 0.2) is 77.7 Å². The molecular formula is C24H23N3O5. The number of anilines is 1. The number of nitrogens with one attached hydrogen (secondary N) is 1. The van der Waals surface area contributed by atoms with E-state index in [1.807, 2.05) is 19.1 Å². The zero-order valence-corrected chi connectivity index (χ0v) is 17.5. The summed E-state index contributed by atoms with van der Waals surface area (Å²) in [5.41, 5.74) is 0.414. The van der Waals surface area contributed by atoms with Crippen LogP contribution < -0.4 is 11.0 Å². The summed E-state index contributed by atoms with van der Waals surface area (Å²) in [5, 5.41) is 2.62. The van der Waals surface area contributed by atoms with Crippen molar-refractivity contribution in [3.8, 4) is 0 Å². The maximum atomic E-state index is 12.6. The number of amides is 1. The first-order valence-electron chi connectivity index (χ1n) is 10.3. The van der Waals surface area contributed by atoms with E-state index >= 15 is 0 Å². The standard InChI is InChI=1S/C24H23N3O5/c1-16-14-19(15-31-23(29)18-10-6-3-7-11-18)32-22(16)27-13-12-20(26-24(27)30)25-21(28)17-8-4-2-5-9-17/h2-13,16,19,22H,14-15H2,1H3,(H,25,26,28,30)/t16?,19-,22+/m0/s1. The Bertz CT molecular complexity index is 1150. The molecule has 0 spiro atoms. The summed E-state index contributed by atoms with van der Waals surface area (Å²) < 4.78 is 12.7. The Morgan fingerprint density at radius 2 is 1.72 bits per heavy atom. The number of nitrogens with zero attached hydrogens (tertiary/aromatic N) is 2. The van der Waals surface area contributed by atoms with E-state index in [0.29, 0.717) is 17.5 Å². The number of rotatable bonds is 6. The van der Waals surface area contributed by atoms with Gasteiger partial charge in [0.15, 0.2) is 0 Å². The van der Waals surface area contributed by atoms with Crippen LogP contribution in [0.4, 0.5) is 5.82 Å². The average Bonchev–Trinajstić information content (AvgIpc) is 3.19. The number of hydrogen-bond acceptors (Lipinski definition) is 6. The largest absolute Gasteiger partial charge is 0.459 e. The van der Waals surface area contributed by atoms with Gasteiger partial charge in [-0.15, -0.1) is 0 Å². The van der Waals surface area contributed by atoms with E-state index in [4.69, 9.17) is 9.47 Å². The van der Waals surface area contributed by atoms with E-state index < -0.39 is 17.9 Å². The minimum Gasteiger partial charge on any atom is -0.459 e.